The number of nitrogens with zero attached hydrogens (tertiary/aromatic N) is 3. The number of hydrogen-bond donors (Lipinski definition) is 0. The van der Waals surface area contributed by atoms with Gasteiger partial charge in [0.2, 0.25) is 5.88 Å². The molecule has 1 aromatic carbocycles. The number of carbonyl (C=O) groups excluding carboxylic acids is 1. The summed E-state index contributed by atoms with van der Waals surface area (Å²) in [4.78, 5) is 24.1. The van der Waals surface area contributed by atoms with E-state index in [1.54, 1.807) is 6.20 Å². The minimum atomic E-state index is 0.0737. The molecule has 0 radical (unpaired) electrons. The predicted octanol–water partition coefficient (Wildman–Crippen LogP) is 3.68. The number of likely N-dealkylation sites (tertiary alicyclic amines) is 1. The number of para-hydroxylation sites is 2. The van der Waals surface area contributed by atoms with E-state index in [1.807, 2.05) is 47.5 Å². The lowest BCUT2D eigenvalue weighted by atomic mass is 10.1. The van der Waals surface area contributed by atoms with E-state index in [9.17, 15) is 4.79 Å². The van der Waals surface area contributed by atoms with Crippen LogP contribution in [0.15, 0.2) is 41.9 Å². The SMILES string of the molecule is Cc1csc(C(=O)N2CCC(Oc3cnc4ccccc4n3)CC2)c1. The summed E-state index contributed by atoms with van der Waals surface area (Å²) in [6, 6.07) is 9.71. The second kappa shape index (κ2) is 6.80. The number of amides is 1. The molecule has 6 heteroatoms. The van der Waals surface area contributed by atoms with Gasteiger partial charge >= 0.3 is 0 Å². The van der Waals surface area contributed by atoms with Crippen LogP contribution in [0.25, 0.3) is 11.0 Å². The van der Waals surface area contributed by atoms with Gasteiger partial charge in [0.05, 0.1) is 22.1 Å². The first-order valence-electron chi connectivity index (χ1n) is 8.42. The van der Waals surface area contributed by atoms with Crippen LogP contribution in [0.2, 0.25) is 0 Å². The molecule has 128 valence electrons. The second-order valence-corrected chi connectivity index (χ2v) is 7.21. The molecule has 3 heterocycles. The lowest BCUT2D eigenvalue weighted by molar-refractivity contribution is 0.0592. The van der Waals surface area contributed by atoms with Crippen LogP contribution in [0.1, 0.15) is 28.1 Å². The van der Waals surface area contributed by atoms with E-state index in [0.29, 0.717) is 19.0 Å². The summed E-state index contributed by atoms with van der Waals surface area (Å²) >= 11 is 1.52. The van der Waals surface area contributed by atoms with E-state index in [2.05, 4.69) is 9.97 Å². The normalized spacial score (nSPS) is 15.5. The Kier molecular flexibility index (Phi) is 4.36. The lowest BCUT2D eigenvalue weighted by Crippen LogP contribution is -2.41. The van der Waals surface area contributed by atoms with E-state index in [0.717, 1.165) is 34.3 Å². The van der Waals surface area contributed by atoms with Gasteiger partial charge in [0, 0.05) is 25.9 Å². The van der Waals surface area contributed by atoms with Crippen LogP contribution in [-0.4, -0.2) is 40.0 Å². The molecular formula is C19H19N3O2S. The summed E-state index contributed by atoms with van der Waals surface area (Å²) in [7, 11) is 0. The quantitative estimate of drug-likeness (QED) is 0.721. The zero-order valence-electron chi connectivity index (χ0n) is 14.0. The molecule has 1 aliphatic rings. The number of aromatic nitrogens is 2. The Morgan fingerprint density at radius 2 is 2.00 bits per heavy atom. The monoisotopic (exact) mass is 353 g/mol. The van der Waals surface area contributed by atoms with Crippen molar-refractivity contribution in [2.75, 3.05) is 13.1 Å². The summed E-state index contributed by atoms with van der Waals surface area (Å²) in [5, 5.41) is 2.02. The van der Waals surface area contributed by atoms with Crippen molar-refractivity contribution in [3.05, 3.63) is 52.3 Å². The Labute approximate surface area is 150 Å². The van der Waals surface area contributed by atoms with E-state index >= 15 is 0 Å². The van der Waals surface area contributed by atoms with Gasteiger partial charge in [-0.25, -0.2) is 9.97 Å². The Bertz CT molecular complexity index is 900. The van der Waals surface area contributed by atoms with E-state index in [1.165, 1.54) is 11.3 Å². The summed E-state index contributed by atoms with van der Waals surface area (Å²) in [6.45, 7) is 3.43. The molecule has 0 aliphatic carbocycles. The molecule has 0 spiro atoms. The van der Waals surface area contributed by atoms with Gasteiger partial charge in [-0.15, -0.1) is 11.3 Å². The Morgan fingerprint density at radius 3 is 2.72 bits per heavy atom. The second-order valence-electron chi connectivity index (χ2n) is 6.29. The number of benzene rings is 1. The number of fused-ring (bicyclic) bond motifs is 1. The first kappa shape index (κ1) is 16.0. The number of piperidine rings is 1. The topological polar surface area (TPSA) is 55.3 Å². The highest BCUT2D eigenvalue weighted by atomic mass is 32.1. The van der Waals surface area contributed by atoms with E-state index < -0.39 is 0 Å². The molecular weight excluding hydrogens is 334 g/mol. The summed E-state index contributed by atoms with van der Waals surface area (Å²) in [5.41, 5.74) is 2.84. The number of hydrogen-bond acceptors (Lipinski definition) is 5. The van der Waals surface area contributed by atoms with Crippen molar-refractivity contribution in [3.63, 3.8) is 0 Å². The van der Waals surface area contributed by atoms with Crippen LogP contribution >= 0.6 is 11.3 Å². The fraction of sp³-hybridized carbons (Fsp3) is 0.316. The van der Waals surface area contributed by atoms with Crippen molar-refractivity contribution < 1.29 is 9.53 Å². The Hall–Kier alpha value is -2.47. The van der Waals surface area contributed by atoms with Gasteiger partial charge in [-0.1, -0.05) is 12.1 Å². The van der Waals surface area contributed by atoms with Crippen LogP contribution in [0, 0.1) is 6.92 Å². The Balaban J connectivity index is 1.37. The minimum absolute atomic E-state index is 0.0737. The van der Waals surface area contributed by atoms with Crippen LogP contribution in [-0.2, 0) is 0 Å². The summed E-state index contributed by atoms with van der Waals surface area (Å²) in [5.74, 6) is 0.680. The van der Waals surface area contributed by atoms with Gasteiger partial charge in [-0.3, -0.25) is 4.79 Å². The number of ether oxygens (including phenoxy) is 1. The smallest absolute Gasteiger partial charge is 0.263 e. The average molecular weight is 353 g/mol. The maximum Gasteiger partial charge on any atom is 0.263 e. The number of aryl methyl sites for hydroxylation is 1. The number of rotatable bonds is 3. The van der Waals surface area contributed by atoms with Gasteiger partial charge in [-0.2, -0.15) is 0 Å². The van der Waals surface area contributed by atoms with Crippen molar-refractivity contribution in [2.24, 2.45) is 0 Å². The third kappa shape index (κ3) is 3.49. The van der Waals surface area contributed by atoms with Crippen molar-refractivity contribution >= 4 is 28.3 Å². The molecule has 3 aromatic rings. The highest BCUT2D eigenvalue weighted by molar-refractivity contribution is 7.12. The molecule has 4 rings (SSSR count). The molecule has 1 fully saturated rings. The molecule has 1 saturated heterocycles. The van der Waals surface area contributed by atoms with Gasteiger partial charge in [0.1, 0.15) is 6.10 Å². The third-order valence-electron chi connectivity index (χ3n) is 4.38. The lowest BCUT2D eigenvalue weighted by Gasteiger charge is -2.31. The fourth-order valence-corrected chi connectivity index (χ4v) is 3.91. The minimum Gasteiger partial charge on any atom is -0.473 e. The number of thiophene rings is 1. The molecule has 0 N–H and O–H groups in total. The van der Waals surface area contributed by atoms with Crippen molar-refractivity contribution in [3.8, 4) is 5.88 Å². The molecule has 2 aromatic heterocycles. The van der Waals surface area contributed by atoms with Gasteiger partial charge in [-0.05, 0) is 36.1 Å². The molecule has 0 unspecified atom stereocenters. The van der Waals surface area contributed by atoms with Gasteiger partial charge in [0.15, 0.2) is 0 Å². The first-order chi connectivity index (χ1) is 12.2. The molecule has 0 bridgehead atoms. The largest absolute Gasteiger partial charge is 0.473 e. The molecule has 1 aliphatic heterocycles. The van der Waals surface area contributed by atoms with Crippen LogP contribution in [0.5, 0.6) is 5.88 Å². The van der Waals surface area contributed by atoms with E-state index in [-0.39, 0.29) is 12.0 Å². The van der Waals surface area contributed by atoms with Crippen LogP contribution in [0.3, 0.4) is 0 Å². The van der Waals surface area contributed by atoms with Crippen molar-refractivity contribution in [1.29, 1.82) is 0 Å². The third-order valence-corrected chi connectivity index (χ3v) is 5.42. The van der Waals surface area contributed by atoms with Gasteiger partial charge in [0.25, 0.3) is 5.91 Å². The summed E-state index contributed by atoms with van der Waals surface area (Å²) in [6.07, 6.45) is 3.37. The zero-order valence-corrected chi connectivity index (χ0v) is 14.8. The van der Waals surface area contributed by atoms with Crippen molar-refractivity contribution in [2.45, 2.75) is 25.9 Å². The highest BCUT2D eigenvalue weighted by Crippen LogP contribution is 2.22. The zero-order chi connectivity index (χ0) is 17.2. The first-order valence-corrected chi connectivity index (χ1v) is 9.30. The standard InChI is InChI=1S/C19H19N3O2S/c1-13-10-17(25-12-13)19(23)22-8-6-14(7-9-22)24-18-11-20-15-4-2-3-5-16(15)21-18/h2-5,10-12,14H,6-9H2,1H3. The maximum absolute atomic E-state index is 12.5. The highest BCUT2D eigenvalue weighted by Gasteiger charge is 2.25. The molecule has 1 amide bonds. The summed E-state index contributed by atoms with van der Waals surface area (Å²) < 4.78 is 5.99. The van der Waals surface area contributed by atoms with Crippen LogP contribution in [0.4, 0.5) is 0 Å². The molecule has 0 saturated carbocycles. The maximum atomic E-state index is 12.5. The van der Waals surface area contributed by atoms with E-state index in [4.69, 9.17) is 4.74 Å². The van der Waals surface area contributed by atoms with Crippen LogP contribution < -0.4 is 4.74 Å². The average Bonchev–Trinajstić information content (AvgIpc) is 3.08. The van der Waals surface area contributed by atoms with Gasteiger partial charge < -0.3 is 9.64 Å². The predicted molar refractivity (Wildman–Crippen MR) is 98.1 cm³/mol. The molecule has 5 nitrogen and oxygen atoms in total. The molecule has 25 heavy (non-hydrogen) atoms. The fourth-order valence-electron chi connectivity index (χ4n) is 3.04. The Morgan fingerprint density at radius 1 is 1.24 bits per heavy atom. The van der Waals surface area contributed by atoms with Crippen molar-refractivity contribution in [1.82, 2.24) is 14.9 Å². The molecule has 0 atom stereocenters. The number of carbonyl (C=O) groups is 1.